The van der Waals surface area contributed by atoms with Gasteiger partial charge in [-0.1, -0.05) is 0 Å². The van der Waals surface area contributed by atoms with Crippen molar-refractivity contribution in [3.63, 3.8) is 0 Å². The summed E-state index contributed by atoms with van der Waals surface area (Å²) in [6, 6.07) is -0.556. The third-order valence-electron chi connectivity index (χ3n) is 2.88. The average molecular weight is 267 g/mol. The molecule has 1 heterocycles. The Bertz CT molecular complexity index is 211. The second-order valence-electron chi connectivity index (χ2n) is 4.20. The van der Waals surface area contributed by atoms with Crippen LogP contribution in [0.15, 0.2) is 0 Å². The van der Waals surface area contributed by atoms with Crippen LogP contribution < -0.4 is 11.1 Å². The first-order valence-electron chi connectivity index (χ1n) is 5.84. The molecule has 0 spiro atoms. The first-order valence-corrected chi connectivity index (χ1v) is 5.84. The molecule has 3 N–H and O–H groups in total. The van der Waals surface area contributed by atoms with Gasteiger partial charge in [0, 0.05) is 26.9 Å². The normalized spacial score (nSPS) is 18.2. The van der Waals surface area contributed by atoms with Crippen LogP contribution in [0.5, 0.6) is 0 Å². The molecule has 1 aliphatic heterocycles. The molecular weight excluding hydrogens is 244 g/mol. The molecule has 0 bridgehead atoms. The Hall–Kier alpha value is -0.360. The lowest BCUT2D eigenvalue weighted by molar-refractivity contribution is -0.123. The van der Waals surface area contributed by atoms with E-state index in [0.717, 1.165) is 32.5 Å². The SMILES string of the molecule is COCC(N)C(=O)NCCC1CCOCC1.Cl. The second-order valence-corrected chi connectivity index (χ2v) is 4.20. The predicted molar refractivity (Wildman–Crippen MR) is 68.3 cm³/mol. The van der Waals surface area contributed by atoms with Crippen LogP contribution in [0.25, 0.3) is 0 Å². The van der Waals surface area contributed by atoms with Gasteiger partial charge in [-0.15, -0.1) is 12.4 Å². The number of nitrogens with one attached hydrogen (secondary N) is 1. The smallest absolute Gasteiger partial charge is 0.239 e. The molecule has 1 unspecified atom stereocenters. The van der Waals surface area contributed by atoms with E-state index in [1.807, 2.05) is 0 Å². The number of hydrogen-bond acceptors (Lipinski definition) is 4. The number of methoxy groups -OCH3 is 1. The summed E-state index contributed by atoms with van der Waals surface area (Å²) in [5, 5.41) is 2.83. The van der Waals surface area contributed by atoms with Crippen LogP contribution in [0.2, 0.25) is 0 Å². The van der Waals surface area contributed by atoms with Gasteiger partial charge in [-0.2, -0.15) is 0 Å². The Morgan fingerprint density at radius 1 is 1.53 bits per heavy atom. The fourth-order valence-corrected chi connectivity index (χ4v) is 1.82. The van der Waals surface area contributed by atoms with Crippen LogP contribution in [0, 0.1) is 5.92 Å². The van der Waals surface area contributed by atoms with Crippen LogP contribution in [-0.2, 0) is 14.3 Å². The first-order chi connectivity index (χ1) is 7.74. The molecule has 0 aromatic heterocycles. The Morgan fingerprint density at radius 2 is 2.18 bits per heavy atom. The topological polar surface area (TPSA) is 73.6 Å². The summed E-state index contributed by atoms with van der Waals surface area (Å²) >= 11 is 0. The third kappa shape index (κ3) is 6.83. The molecule has 0 aliphatic carbocycles. The van der Waals surface area contributed by atoms with Crippen molar-refractivity contribution < 1.29 is 14.3 Å². The minimum Gasteiger partial charge on any atom is -0.383 e. The van der Waals surface area contributed by atoms with E-state index in [-0.39, 0.29) is 24.9 Å². The highest BCUT2D eigenvalue weighted by molar-refractivity contribution is 5.85. The quantitative estimate of drug-likeness (QED) is 0.726. The van der Waals surface area contributed by atoms with Crippen molar-refractivity contribution in [2.24, 2.45) is 11.7 Å². The number of ether oxygens (including phenoxy) is 2. The van der Waals surface area contributed by atoms with Gasteiger partial charge in [-0.3, -0.25) is 4.79 Å². The fourth-order valence-electron chi connectivity index (χ4n) is 1.82. The van der Waals surface area contributed by atoms with Gasteiger partial charge in [0.2, 0.25) is 5.91 Å². The van der Waals surface area contributed by atoms with Gasteiger partial charge >= 0.3 is 0 Å². The molecule has 0 radical (unpaired) electrons. The van der Waals surface area contributed by atoms with E-state index in [2.05, 4.69) is 5.32 Å². The monoisotopic (exact) mass is 266 g/mol. The van der Waals surface area contributed by atoms with Crippen molar-refractivity contribution in [3.8, 4) is 0 Å². The number of carbonyl (C=O) groups is 1. The molecule has 102 valence electrons. The molecular formula is C11H23ClN2O3. The number of hydrogen-bond donors (Lipinski definition) is 2. The summed E-state index contributed by atoms with van der Waals surface area (Å²) in [6.07, 6.45) is 3.20. The third-order valence-corrected chi connectivity index (χ3v) is 2.88. The van der Waals surface area contributed by atoms with E-state index in [0.29, 0.717) is 12.5 Å². The molecule has 1 atom stereocenters. The van der Waals surface area contributed by atoms with Crippen molar-refractivity contribution in [2.45, 2.75) is 25.3 Å². The van der Waals surface area contributed by atoms with Gasteiger partial charge in [-0.05, 0) is 25.2 Å². The lowest BCUT2D eigenvalue weighted by Crippen LogP contribution is -2.44. The number of halogens is 1. The van der Waals surface area contributed by atoms with Gasteiger partial charge in [-0.25, -0.2) is 0 Å². The zero-order valence-corrected chi connectivity index (χ0v) is 11.1. The van der Waals surface area contributed by atoms with Crippen molar-refractivity contribution in [1.29, 1.82) is 0 Å². The summed E-state index contributed by atoms with van der Waals surface area (Å²) in [5.41, 5.74) is 5.59. The van der Waals surface area contributed by atoms with Crippen LogP contribution in [-0.4, -0.2) is 45.4 Å². The number of rotatable bonds is 6. The number of carbonyl (C=O) groups excluding carboxylic acids is 1. The number of nitrogens with two attached hydrogens (primary N) is 1. The van der Waals surface area contributed by atoms with E-state index in [9.17, 15) is 4.79 Å². The minimum absolute atomic E-state index is 0. The zero-order chi connectivity index (χ0) is 11.8. The van der Waals surface area contributed by atoms with Gasteiger partial charge in [0.05, 0.1) is 6.61 Å². The maximum Gasteiger partial charge on any atom is 0.239 e. The summed E-state index contributed by atoms with van der Waals surface area (Å²) < 4.78 is 10.1. The summed E-state index contributed by atoms with van der Waals surface area (Å²) in [4.78, 5) is 11.4. The summed E-state index contributed by atoms with van der Waals surface area (Å²) in [5.74, 6) is 0.543. The van der Waals surface area contributed by atoms with Crippen LogP contribution in [0.3, 0.4) is 0 Å². The van der Waals surface area contributed by atoms with E-state index in [1.54, 1.807) is 0 Å². The molecule has 6 heteroatoms. The molecule has 0 saturated carbocycles. The lowest BCUT2D eigenvalue weighted by atomic mass is 9.97. The van der Waals surface area contributed by atoms with Crippen LogP contribution >= 0.6 is 12.4 Å². The van der Waals surface area contributed by atoms with Crippen LogP contribution in [0.1, 0.15) is 19.3 Å². The molecule has 1 rings (SSSR count). The Morgan fingerprint density at radius 3 is 2.76 bits per heavy atom. The van der Waals surface area contributed by atoms with E-state index in [1.165, 1.54) is 7.11 Å². The van der Waals surface area contributed by atoms with Crippen molar-refractivity contribution in [3.05, 3.63) is 0 Å². The molecule has 0 aromatic carbocycles. The summed E-state index contributed by atoms with van der Waals surface area (Å²) in [7, 11) is 1.54. The largest absolute Gasteiger partial charge is 0.383 e. The summed E-state index contributed by atoms with van der Waals surface area (Å²) in [6.45, 7) is 2.66. The van der Waals surface area contributed by atoms with E-state index >= 15 is 0 Å². The lowest BCUT2D eigenvalue weighted by Gasteiger charge is -2.22. The number of amides is 1. The van der Waals surface area contributed by atoms with Gasteiger partial charge in [0.15, 0.2) is 0 Å². The van der Waals surface area contributed by atoms with Crippen LogP contribution in [0.4, 0.5) is 0 Å². The Labute approximate surface area is 109 Å². The average Bonchev–Trinajstić information content (AvgIpc) is 2.30. The molecule has 0 aromatic rings. The maximum absolute atomic E-state index is 11.4. The molecule has 1 aliphatic rings. The predicted octanol–water partition coefficient (Wildman–Crippen LogP) is 0.315. The second kappa shape index (κ2) is 9.65. The van der Waals surface area contributed by atoms with Gasteiger partial charge in [0.25, 0.3) is 0 Å². The molecule has 17 heavy (non-hydrogen) atoms. The van der Waals surface area contributed by atoms with Crippen molar-refractivity contribution >= 4 is 18.3 Å². The zero-order valence-electron chi connectivity index (χ0n) is 10.3. The van der Waals surface area contributed by atoms with Gasteiger partial charge in [0.1, 0.15) is 6.04 Å². The molecule has 1 saturated heterocycles. The highest BCUT2D eigenvalue weighted by Crippen LogP contribution is 2.17. The first kappa shape index (κ1) is 16.6. The van der Waals surface area contributed by atoms with Crippen molar-refractivity contribution in [2.75, 3.05) is 33.5 Å². The standard InChI is InChI=1S/C11H22N2O3.ClH/c1-15-8-10(12)11(14)13-5-2-9-3-6-16-7-4-9;/h9-10H,2-8,12H2,1H3,(H,13,14);1H. The molecule has 1 amide bonds. The van der Waals surface area contributed by atoms with Gasteiger partial charge < -0.3 is 20.5 Å². The highest BCUT2D eigenvalue weighted by atomic mass is 35.5. The van der Waals surface area contributed by atoms with E-state index < -0.39 is 6.04 Å². The Kier molecular flexibility index (Phi) is 9.44. The van der Waals surface area contributed by atoms with Crippen molar-refractivity contribution in [1.82, 2.24) is 5.32 Å². The Balaban J connectivity index is 0.00000256. The highest BCUT2D eigenvalue weighted by Gasteiger charge is 2.15. The fraction of sp³-hybridized carbons (Fsp3) is 0.909. The molecule has 5 nitrogen and oxygen atoms in total. The maximum atomic E-state index is 11.4. The van der Waals surface area contributed by atoms with E-state index in [4.69, 9.17) is 15.2 Å². The molecule has 1 fully saturated rings. The minimum atomic E-state index is -0.556.